The van der Waals surface area contributed by atoms with Crippen LogP contribution in [0.3, 0.4) is 0 Å². The standard InChI is InChI=1S/C23H21N3O4S/c27-20-8-4-7-18-17-9-16(12-25(18)20)11-24(13-17)21(28)14-26-22(29)19(31-23(26)30)10-15-5-2-1-3-6-15/h1-8,10,16-17H,9,11-14H2/b19-10+/t16-,17+/m1/s1. The zero-order valence-corrected chi connectivity index (χ0v) is 17.6. The van der Waals surface area contributed by atoms with Gasteiger partial charge in [-0.05, 0) is 41.8 Å². The Bertz CT molecular complexity index is 1160. The lowest BCUT2D eigenvalue weighted by molar-refractivity contribution is -0.138. The van der Waals surface area contributed by atoms with Gasteiger partial charge in [-0.25, -0.2) is 0 Å². The molecule has 0 saturated carbocycles. The molecule has 4 heterocycles. The van der Waals surface area contributed by atoms with Gasteiger partial charge in [0, 0.05) is 37.3 Å². The number of aromatic nitrogens is 1. The minimum absolute atomic E-state index is 0.00464. The Morgan fingerprint density at radius 2 is 1.81 bits per heavy atom. The Morgan fingerprint density at radius 3 is 2.61 bits per heavy atom. The highest BCUT2D eigenvalue weighted by molar-refractivity contribution is 8.18. The molecule has 3 aliphatic rings. The Kier molecular flexibility index (Phi) is 5.02. The topological polar surface area (TPSA) is 79.7 Å². The first-order chi connectivity index (χ1) is 15.0. The highest BCUT2D eigenvalue weighted by atomic mass is 32.2. The van der Waals surface area contributed by atoms with E-state index in [4.69, 9.17) is 0 Å². The minimum atomic E-state index is -0.429. The normalized spacial score (nSPS) is 23.9. The van der Waals surface area contributed by atoms with Gasteiger partial charge in [0.2, 0.25) is 5.91 Å². The van der Waals surface area contributed by atoms with E-state index in [1.165, 1.54) is 0 Å². The van der Waals surface area contributed by atoms with Crippen LogP contribution in [0.15, 0.2) is 58.2 Å². The summed E-state index contributed by atoms with van der Waals surface area (Å²) in [5.74, 6) is -0.368. The number of likely N-dealkylation sites (tertiary alicyclic amines) is 1. The van der Waals surface area contributed by atoms with Gasteiger partial charge in [-0.1, -0.05) is 36.4 Å². The largest absolute Gasteiger partial charge is 0.340 e. The average Bonchev–Trinajstić information content (AvgIpc) is 3.02. The maximum absolute atomic E-state index is 13.0. The molecule has 3 aliphatic heterocycles. The second-order valence-electron chi connectivity index (χ2n) is 8.18. The van der Waals surface area contributed by atoms with Crippen LogP contribution >= 0.6 is 11.8 Å². The van der Waals surface area contributed by atoms with E-state index in [-0.39, 0.29) is 29.8 Å². The lowest BCUT2D eigenvalue weighted by atomic mass is 9.83. The first kappa shape index (κ1) is 19.8. The van der Waals surface area contributed by atoms with Gasteiger partial charge in [0.05, 0.1) is 4.91 Å². The van der Waals surface area contributed by atoms with Gasteiger partial charge in [-0.3, -0.25) is 24.1 Å². The van der Waals surface area contributed by atoms with Gasteiger partial charge < -0.3 is 9.47 Å². The number of fused-ring (bicyclic) bond motifs is 4. The van der Waals surface area contributed by atoms with E-state index in [1.807, 2.05) is 41.0 Å². The number of imide groups is 1. The van der Waals surface area contributed by atoms with E-state index in [1.54, 1.807) is 23.1 Å². The molecule has 1 aromatic carbocycles. The summed E-state index contributed by atoms with van der Waals surface area (Å²) < 4.78 is 1.81. The van der Waals surface area contributed by atoms with Gasteiger partial charge in [0.15, 0.2) is 0 Å². The molecule has 0 N–H and O–H groups in total. The first-order valence-electron chi connectivity index (χ1n) is 10.3. The van der Waals surface area contributed by atoms with Crippen LogP contribution in [-0.4, -0.2) is 51.1 Å². The molecule has 5 rings (SSSR count). The summed E-state index contributed by atoms with van der Waals surface area (Å²) >= 11 is 0.864. The van der Waals surface area contributed by atoms with Crippen LogP contribution in [-0.2, 0) is 16.1 Å². The molecule has 8 heteroatoms. The molecular weight excluding hydrogens is 414 g/mol. The summed E-state index contributed by atoms with van der Waals surface area (Å²) in [6.45, 7) is 1.37. The van der Waals surface area contributed by atoms with Crippen molar-refractivity contribution in [2.45, 2.75) is 18.9 Å². The van der Waals surface area contributed by atoms with Crippen LogP contribution < -0.4 is 5.56 Å². The fraction of sp³-hybridized carbons (Fsp3) is 0.304. The summed E-state index contributed by atoms with van der Waals surface area (Å²) in [5.41, 5.74) is 1.78. The number of carbonyl (C=O) groups excluding carboxylic acids is 3. The van der Waals surface area contributed by atoms with Crippen LogP contribution in [0.1, 0.15) is 23.6 Å². The number of pyridine rings is 1. The number of carbonyl (C=O) groups is 3. The summed E-state index contributed by atoms with van der Waals surface area (Å²) in [5, 5.41) is -0.422. The number of piperidine rings is 1. The fourth-order valence-electron chi connectivity index (χ4n) is 4.67. The molecule has 3 amide bonds. The van der Waals surface area contributed by atoms with E-state index in [2.05, 4.69) is 0 Å². The Hall–Kier alpha value is -3.13. The van der Waals surface area contributed by atoms with Crippen LogP contribution in [0.4, 0.5) is 4.79 Å². The smallest absolute Gasteiger partial charge is 0.294 e. The van der Waals surface area contributed by atoms with Gasteiger partial charge in [0.25, 0.3) is 16.7 Å². The predicted molar refractivity (Wildman–Crippen MR) is 117 cm³/mol. The maximum atomic E-state index is 13.0. The molecule has 2 atom stereocenters. The molecule has 0 spiro atoms. The summed E-state index contributed by atoms with van der Waals surface area (Å²) in [6, 6.07) is 14.6. The zero-order valence-electron chi connectivity index (χ0n) is 16.8. The maximum Gasteiger partial charge on any atom is 0.294 e. The molecule has 0 unspecified atom stereocenters. The van der Waals surface area contributed by atoms with Crippen LogP contribution in [0, 0.1) is 5.92 Å². The second kappa shape index (κ2) is 7.85. The highest BCUT2D eigenvalue weighted by Gasteiger charge is 2.40. The molecule has 0 aliphatic carbocycles. The summed E-state index contributed by atoms with van der Waals surface area (Å²) in [4.78, 5) is 53.4. The first-order valence-corrected chi connectivity index (χ1v) is 11.1. The third-order valence-electron chi connectivity index (χ3n) is 6.10. The van der Waals surface area contributed by atoms with E-state index in [0.717, 1.165) is 34.3 Å². The minimum Gasteiger partial charge on any atom is -0.340 e. The lowest BCUT2D eigenvalue weighted by Gasteiger charge is -2.43. The molecule has 2 saturated heterocycles. The summed E-state index contributed by atoms with van der Waals surface area (Å²) in [7, 11) is 0. The quantitative estimate of drug-likeness (QED) is 0.693. The Morgan fingerprint density at radius 1 is 1.00 bits per heavy atom. The second-order valence-corrected chi connectivity index (χ2v) is 9.17. The molecule has 2 bridgehead atoms. The number of hydrogen-bond donors (Lipinski definition) is 0. The number of nitrogens with zero attached hydrogens (tertiary/aromatic N) is 3. The van der Waals surface area contributed by atoms with Crippen molar-refractivity contribution in [3.8, 4) is 0 Å². The highest BCUT2D eigenvalue weighted by Crippen LogP contribution is 2.36. The van der Waals surface area contributed by atoms with Crippen molar-refractivity contribution in [2.75, 3.05) is 19.6 Å². The van der Waals surface area contributed by atoms with E-state index >= 15 is 0 Å². The molecule has 2 aromatic rings. The van der Waals surface area contributed by atoms with Crippen molar-refractivity contribution in [2.24, 2.45) is 5.92 Å². The van der Waals surface area contributed by atoms with Gasteiger partial charge in [-0.15, -0.1) is 0 Å². The third-order valence-corrected chi connectivity index (χ3v) is 7.00. The fourth-order valence-corrected chi connectivity index (χ4v) is 5.51. The van der Waals surface area contributed by atoms with Crippen LogP contribution in [0.2, 0.25) is 0 Å². The zero-order chi connectivity index (χ0) is 21.5. The van der Waals surface area contributed by atoms with E-state index < -0.39 is 11.1 Å². The van der Waals surface area contributed by atoms with Crippen LogP contribution in [0.5, 0.6) is 0 Å². The van der Waals surface area contributed by atoms with Gasteiger partial charge in [0.1, 0.15) is 6.54 Å². The van der Waals surface area contributed by atoms with Crippen LogP contribution in [0.25, 0.3) is 6.08 Å². The predicted octanol–water partition coefficient (Wildman–Crippen LogP) is 2.53. The monoisotopic (exact) mass is 435 g/mol. The average molecular weight is 436 g/mol. The van der Waals surface area contributed by atoms with Crippen molar-refractivity contribution < 1.29 is 14.4 Å². The van der Waals surface area contributed by atoms with E-state index in [9.17, 15) is 19.2 Å². The van der Waals surface area contributed by atoms with E-state index in [0.29, 0.717) is 24.5 Å². The Labute approximate surface area is 183 Å². The summed E-state index contributed by atoms with van der Waals surface area (Å²) in [6.07, 6.45) is 2.62. The van der Waals surface area contributed by atoms with Crippen molar-refractivity contribution in [1.82, 2.24) is 14.4 Å². The lowest BCUT2D eigenvalue weighted by Crippen LogP contribution is -2.51. The number of benzene rings is 1. The van der Waals surface area contributed by atoms with Crippen molar-refractivity contribution in [1.29, 1.82) is 0 Å². The molecular formula is C23H21N3O4S. The number of rotatable bonds is 3. The van der Waals surface area contributed by atoms with Gasteiger partial charge in [-0.2, -0.15) is 0 Å². The van der Waals surface area contributed by atoms with Crippen molar-refractivity contribution in [3.63, 3.8) is 0 Å². The molecule has 2 fully saturated rings. The van der Waals surface area contributed by atoms with Gasteiger partial charge >= 0.3 is 0 Å². The number of amides is 3. The molecule has 1 aromatic heterocycles. The SMILES string of the molecule is O=C(CN1C(=O)S/C(=C/c2ccccc2)C1=O)N1C[C@H]2C[C@@H](C1)c1cccc(=O)n1C2. The van der Waals surface area contributed by atoms with Crippen molar-refractivity contribution in [3.05, 3.63) is 75.0 Å². The Balaban J connectivity index is 1.30. The van der Waals surface area contributed by atoms with Crippen molar-refractivity contribution >= 4 is 34.9 Å². The molecule has 158 valence electrons. The third kappa shape index (κ3) is 3.72. The number of thioether (sulfide) groups is 1. The molecule has 0 radical (unpaired) electrons. The number of hydrogen-bond acceptors (Lipinski definition) is 5. The molecule has 31 heavy (non-hydrogen) atoms. The molecule has 7 nitrogen and oxygen atoms in total.